The second-order valence-corrected chi connectivity index (χ2v) is 3.75. The highest BCUT2D eigenvalue weighted by molar-refractivity contribution is 5.75. The fraction of sp³-hybridized carbons (Fsp3) is 0.455. The van der Waals surface area contributed by atoms with Crippen molar-refractivity contribution in [3.63, 3.8) is 0 Å². The summed E-state index contributed by atoms with van der Waals surface area (Å²) in [6.07, 6.45) is 0. The van der Waals surface area contributed by atoms with Gasteiger partial charge < -0.3 is 0 Å². The average molecular weight is 191 g/mol. The lowest BCUT2D eigenvalue weighted by atomic mass is 9.97. The van der Waals surface area contributed by atoms with Crippen LogP contribution in [0, 0.1) is 12.8 Å². The van der Waals surface area contributed by atoms with Crippen molar-refractivity contribution < 1.29 is 0 Å². The smallest absolute Gasteiger partial charge is 0.157 e. The molecule has 0 saturated carbocycles. The summed E-state index contributed by atoms with van der Waals surface area (Å²) in [5, 5.41) is 4.31. The predicted octanol–water partition coefficient (Wildman–Crippen LogP) is 2.73. The van der Waals surface area contributed by atoms with Gasteiger partial charge in [-0.1, -0.05) is 20.4 Å². The minimum Gasteiger partial charge on any atom is -0.250 e. The van der Waals surface area contributed by atoms with Crippen molar-refractivity contribution in [2.45, 2.75) is 20.8 Å². The summed E-state index contributed by atoms with van der Waals surface area (Å²) in [6.45, 7) is 13.8. The van der Waals surface area contributed by atoms with Gasteiger partial charge in [0.15, 0.2) is 5.82 Å². The van der Waals surface area contributed by atoms with Crippen LogP contribution in [0.3, 0.4) is 0 Å². The molecule has 1 heterocycles. The van der Waals surface area contributed by atoms with Gasteiger partial charge in [0.05, 0.1) is 5.69 Å². The summed E-state index contributed by atoms with van der Waals surface area (Å²) in [6, 6.07) is 0. The molecule has 3 nitrogen and oxygen atoms in total. The van der Waals surface area contributed by atoms with E-state index in [-0.39, 0.29) is 0 Å². The van der Waals surface area contributed by atoms with Gasteiger partial charge >= 0.3 is 0 Å². The molecule has 14 heavy (non-hydrogen) atoms. The van der Waals surface area contributed by atoms with E-state index < -0.39 is 0 Å². The Hall–Kier alpha value is -1.38. The Bertz CT molecular complexity index is 372. The predicted molar refractivity (Wildman–Crippen MR) is 61.0 cm³/mol. The average Bonchev–Trinajstić information content (AvgIpc) is 2.38. The number of aliphatic imine (C=N–C) groups is 1. The molecule has 1 rings (SSSR count). The van der Waals surface area contributed by atoms with Crippen LogP contribution in [-0.2, 0) is 7.05 Å². The first-order chi connectivity index (χ1) is 6.49. The normalized spacial score (nSPS) is 10.6. The third kappa shape index (κ3) is 1.62. The zero-order chi connectivity index (χ0) is 10.9. The van der Waals surface area contributed by atoms with Crippen molar-refractivity contribution >= 4 is 18.1 Å². The van der Waals surface area contributed by atoms with E-state index in [2.05, 4.69) is 37.2 Å². The van der Waals surface area contributed by atoms with E-state index in [1.165, 1.54) is 0 Å². The van der Waals surface area contributed by atoms with Crippen molar-refractivity contribution in [2.75, 3.05) is 0 Å². The maximum atomic E-state index is 4.31. The van der Waals surface area contributed by atoms with Gasteiger partial charge in [0.25, 0.3) is 0 Å². The van der Waals surface area contributed by atoms with E-state index in [9.17, 15) is 0 Å². The molecule has 0 bridgehead atoms. The molecular formula is C11H17N3. The lowest BCUT2D eigenvalue weighted by Gasteiger charge is -2.09. The standard InChI is InChI=1S/C11H17N3/c1-7(2)8(3)10-9(4)13-14(6)11(10)12-5/h7H,3,5H2,1-2,4,6H3. The SMILES string of the molecule is C=Nc1c(C(=C)C(C)C)c(C)nn1C. The topological polar surface area (TPSA) is 30.2 Å². The summed E-state index contributed by atoms with van der Waals surface area (Å²) in [5.41, 5.74) is 3.07. The maximum Gasteiger partial charge on any atom is 0.157 e. The van der Waals surface area contributed by atoms with Crippen LogP contribution in [0.5, 0.6) is 0 Å². The number of nitrogens with zero attached hydrogens (tertiary/aromatic N) is 3. The summed E-state index contributed by atoms with van der Waals surface area (Å²) in [4.78, 5) is 3.98. The van der Waals surface area contributed by atoms with Crippen molar-refractivity contribution in [1.82, 2.24) is 9.78 Å². The maximum absolute atomic E-state index is 4.31. The molecule has 76 valence electrons. The van der Waals surface area contributed by atoms with Crippen LogP contribution in [-0.4, -0.2) is 16.5 Å². The molecule has 0 aliphatic heterocycles. The van der Waals surface area contributed by atoms with Crippen LogP contribution < -0.4 is 0 Å². The van der Waals surface area contributed by atoms with Gasteiger partial charge in [-0.05, 0) is 25.1 Å². The Morgan fingerprint density at radius 3 is 2.50 bits per heavy atom. The lowest BCUT2D eigenvalue weighted by molar-refractivity contribution is 0.760. The van der Waals surface area contributed by atoms with Crippen LogP contribution in [0.2, 0.25) is 0 Å². The Morgan fingerprint density at radius 1 is 1.50 bits per heavy atom. The molecule has 0 aliphatic rings. The Kier molecular flexibility index (Phi) is 2.89. The van der Waals surface area contributed by atoms with E-state index in [4.69, 9.17) is 0 Å². The minimum absolute atomic E-state index is 0.401. The van der Waals surface area contributed by atoms with Crippen LogP contribution >= 0.6 is 0 Å². The van der Waals surface area contributed by atoms with Crippen molar-refractivity contribution in [3.05, 3.63) is 17.8 Å². The third-order valence-electron chi connectivity index (χ3n) is 2.36. The molecule has 1 aromatic rings. The van der Waals surface area contributed by atoms with Crippen LogP contribution in [0.15, 0.2) is 11.6 Å². The lowest BCUT2D eigenvalue weighted by Crippen LogP contribution is -1.93. The molecule has 0 N–H and O–H groups in total. The summed E-state index contributed by atoms with van der Waals surface area (Å²) < 4.78 is 1.74. The molecule has 0 fully saturated rings. The molecule has 0 unspecified atom stereocenters. The Morgan fingerprint density at radius 2 is 2.07 bits per heavy atom. The van der Waals surface area contributed by atoms with E-state index in [0.717, 1.165) is 22.6 Å². The highest BCUT2D eigenvalue weighted by Gasteiger charge is 2.16. The van der Waals surface area contributed by atoms with Gasteiger partial charge in [0.1, 0.15) is 0 Å². The first-order valence-electron chi connectivity index (χ1n) is 4.68. The number of allylic oxidation sites excluding steroid dienone is 1. The first-order valence-corrected chi connectivity index (χ1v) is 4.68. The first kappa shape index (κ1) is 10.7. The largest absolute Gasteiger partial charge is 0.250 e. The number of aryl methyl sites for hydroxylation is 2. The molecule has 0 aromatic carbocycles. The summed E-state index contributed by atoms with van der Waals surface area (Å²) >= 11 is 0. The molecular weight excluding hydrogens is 174 g/mol. The van der Waals surface area contributed by atoms with Gasteiger partial charge in [-0.2, -0.15) is 5.10 Å². The highest BCUT2D eigenvalue weighted by Crippen LogP contribution is 2.31. The van der Waals surface area contributed by atoms with Gasteiger partial charge in [0, 0.05) is 12.6 Å². The third-order valence-corrected chi connectivity index (χ3v) is 2.36. The van der Waals surface area contributed by atoms with E-state index >= 15 is 0 Å². The van der Waals surface area contributed by atoms with E-state index in [1.807, 2.05) is 14.0 Å². The second-order valence-electron chi connectivity index (χ2n) is 3.75. The molecule has 0 spiro atoms. The van der Waals surface area contributed by atoms with Crippen LogP contribution in [0.4, 0.5) is 5.82 Å². The highest BCUT2D eigenvalue weighted by atomic mass is 15.3. The van der Waals surface area contributed by atoms with E-state index in [1.54, 1.807) is 4.68 Å². The number of hydrogen-bond donors (Lipinski definition) is 0. The molecule has 0 saturated heterocycles. The zero-order valence-electron chi connectivity index (χ0n) is 9.33. The monoisotopic (exact) mass is 191 g/mol. The van der Waals surface area contributed by atoms with Crippen molar-refractivity contribution in [1.29, 1.82) is 0 Å². The van der Waals surface area contributed by atoms with Gasteiger partial charge in [0.2, 0.25) is 0 Å². The zero-order valence-corrected chi connectivity index (χ0v) is 9.33. The second kappa shape index (κ2) is 3.78. The molecule has 3 heteroatoms. The molecule has 0 radical (unpaired) electrons. The molecule has 1 aromatic heterocycles. The summed E-state index contributed by atoms with van der Waals surface area (Å²) in [5.74, 6) is 1.21. The summed E-state index contributed by atoms with van der Waals surface area (Å²) in [7, 11) is 1.87. The number of aromatic nitrogens is 2. The number of hydrogen-bond acceptors (Lipinski definition) is 2. The van der Waals surface area contributed by atoms with E-state index in [0.29, 0.717) is 5.92 Å². The number of rotatable bonds is 3. The fourth-order valence-electron chi connectivity index (χ4n) is 1.49. The van der Waals surface area contributed by atoms with Crippen molar-refractivity contribution in [2.24, 2.45) is 18.0 Å². The molecule has 0 aliphatic carbocycles. The minimum atomic E-state index is 0.401. The van der Waals surface area contributed by atoms with Gasteiger partial charge in [-0.25, -0.2) is 4.99 Å². The van der Waals surface area contributed by atoms with Gasteiger partial charge in [-0.3, -0.25) is 4.68 Å². The Balaban J connectivity index is 3.32. The van der Waals surface area contributed by atoms with Crippen molar-refractivity contribution in [3.8, 4) is 0 Å². The van der Waals surface area contributed by atoms with Crippen LogP contribution in [0.25, 0.3) is 5.57 Å². The molecule has 0 atom stereocenters. The van der Waals surface area contributed by atoms with Gasteiger partial charge in [-0.15, -0.1) is 0 Å². The van der Waals surface area contributed by atoms with Crippen LogP contribution in [0.1, 0.15) is 25.1 Å². The Labute approximate surface area is 85.2 Å². The molecule has 0 amide bonds. The quantitative estimate of drug-likeness (QED) is 0.676. The fourth-order valence-corrected chi connectivity index (χ4v) is 1.49.